The number of aryl methyl sites for hydroxylation is 1. The zero-order chi connectivity index (χ0) is 14.6. The van der Waals surface area contributed by atoms with Gasteiger partial charge in [-0.3, -0.25) is 0 Å². The van der Waals surface area contributed by atoms with Gasteiger partial charge in [-0.25, -0.2) is 4.98 Å². The lowest BCUT2D eigenvalue weighted by Gasteiger charge is -2.10. The number of hydrogen-bond acceptors (Lipinski definition) is 6. The van der Waals surface area contributed by atoms with Crippen LogP contribution in [-0.2, 0) is 9.47 Å². The first-order valence-corrected chi connectivity index (χ1v) is 7.05. The molecule has 0 radical (unpaired) electrons. The van der Waals surface area contributed by atoms with E-state index in [1.54, 1.807) is 13.3 Å². The molecule has 0 fully saturated rings. The molecule has 1 rings (SSSR count). The maximum atomic E-state index is 5.66. The van der Waals surface area contributed by atoms with Gasteiger partial charge in [0, 0.05) is 38.4 Å². The molecule has 20 heavy (non-hydrogen) atoms. The van der Waals surface area contributed by atoms with E-state index < -0.39 is 0 Å². The lowest BCUT2D eigenvalue weighted by atomic mass is 10.4. The molecule has 0 saturated carbocycles. The maximum absolute atomic E-state index is 5.66. The molecule has 1 N–H and O–H groups in total. The summed E-state index contributed by atoms with van der Waals surface area (Å²) in [6, 6.07) is 0. The van der Waals surface area contributed by atoms with Crippen LogP contribution >= 0.6 is 0 Å². The molecule has 114 valence electrons. The minimum atomic E-state index is 0.581. The number of rotatable bonds is 11. The van der Waals surface area contributed by atoms with E-state index in [9.17, 15) is 0 Å². The van der Waals surface area contributed by atoms with E-state index in [0.717, 1.165) is 24.9 Å². The summed E-state index contributed by atoms with van der Waals surface area (Å²) in [6.07, 6.45) is 3.63. The second-order valence-electron chi connectivity index (χ2n) is 4.42. The molecule has 0 aliphatic carbocycles. The predicted octanol–water partition coefficient (Wildman–Crippen LogP) is 2.04. The van der Waals surface area contributed by atoms with Gasteiger partial charge in [-0.2, -0.15) is 4.98 Å². The molecule has 6 heteroatoms. The first kappa shape index (κ1) is 16.7. The second-order valence-corrected chi connectivity index (χ2v) is 4.42. The lowest BCUT2D eigenvalue weighted by Crippen LogP contribution is -2.09. The number of hydrogen-bond donors (Lipinski definition) is 1. The van der Waals surface area contributed by atoms with Crippen molar-refractivity contribution < 1.29 is 14.2 Å². The molecule has 0 bridgehead atoms. The Morgan fingerprint density at radius 1 is 1.20 bits per heavy atom. The molecule has 1 aromatic heterocycles. The minimum Gasteiger partial charge on any atom is -0.477 e. The van der Waals surface area contributed by atoms with E-state index >= 15 is 0 Å². The Morgan fingerprint density at radius 3 is 2.80 bits per heavy atom. The van der Waals surface area contributed by atoms with Crippen LogP contribution in [0.4, 0.5) is 5.95 Å². The molecule has 0 aromatic carbocycles. The fourth-order valence-corrected chi connectivity index (χ4v) is 1.47. The zero-order valence-corrected chi connectivity index (χ0v) is 12.6. The number of nitrogens with zero attached hydrogens (tertiary/aromatic N) is 2. The molecule has 0 spiro atoms. The summed E-state index contributed by atoms with van der Waals surface area (Å²) in [4.78, 5) is 8.57. The van der Waals surface area contributed by atoms with Crippen molar-refractivity contribution in [3.8, 4) is 5.88 Å². The number of nitrogens with one attached hydrogen (secondary N) is 1. The first-order chi connectivity index (χ1) is 9.77. The number of methoxy groups -OCH3 is 1. The van der Waals surface area contributed by atoms with Crippen LogP contribution < -0.4 is 10.1 Å². The monoisotopic (exact) mass is 283 g/mol. The molecular formula is C14H25N3O3. The van der Waals surface area contributed by atoms with Crippen LogP contribution in [0.5, 0.6) is 5.88 Å². The van der Waals surface area contributed by atoms with E-state index in [-0.39, 0.29) is 0 Å². The van der Waals surface area contributed by atoms with Crippen LogP contribution in [0.15, 0.2) is 6.20 Å². The average Bonchev–Trinajstić information content (AvgIpc) is 2.46. The van der Waals surface area contributed by atoms with Gasteiger partial charge in [0.25, 0.3) is 0 Å². The van der Waals surface area contributed by atoms with Crippen molar-refractivity contribution in [1.29, 1.82) is 0 Å². The van der Waals surface area contributed by atoms with Gasteiger partial charge in [0.15, 0.2) is 0 Å². The largest absolute Gasteiger partial charge is 0.477 e. The summed E-state index contributed by atoms with van der Waals surface area (Å²) < 4.78 is 15.9. The molecular weight excluding hydrogens is 258 g/mol. The summed E-state index contributed by atoms with van der Waals surface area (Å²) in [5.74, 6) is 1.25. The third-order valence-electron chi connectivity index (χ3n) is 2.56. The Hall–Kier alpha value is -1.40. The van der Waals surface area contributed by atoms with Crippen molar-refractivity contribution in [2.24, 2.45) is 0 Å². The van der Waals surface area contributed by atoms with Crippen molar-refractivity contribution in [2.75, 3.05) is 45.4 Å². The highest BCUT2D eigenvalue weighted by Gasteiger charge is 2.04. The number of ether oxygens (including phenoxy) is 3. The maximum Gasteiger partial charge on any atom is 0.225 e. The Balaban J connectivity index is 2.27. The molecule has 0 aliphatic heterocycles. The van der Waals surface area contributed by atoms with Gasteiger partial charge in [-0.1, -0.05) is 6.92 Å². The molecule has 0 saturated heterocycles. The Kier molecular flexibility index (Phi) is 8.66. The Bertz CT molecular complexity index is 375. The van der Waals surface area contributed by atoms with Gasteiger partial charge in [-0.05, 0) is 13.3 Å². The van der Waals surface area contributed by atoms with Crippen LogP contribution in [0.2, 0.25) is 0 Å². The van der Waals surface area contributed by atoms with E-state index in [2.05, 4.69) is 22.2 Å². The minimum absolute atomic E-state index is 0.581. The molecule has 0 amide bonds. The predicted molar refractivity (Wildman–Crippen MR) is 78.4 cm³/mol. The summed E-state index contributed by atoms with van der Waals surface area (Å²) in [5.41, 5.74) is 0.937. The summed E-state index contributed by atoms with van der Waals surface area (Å²) >= 11 is 0. The van der Waals surface area contributed by atoms with Crippen molar-refractivity contribution in [3.05, 3.63) is 11.8 Å². The lowest BCUT2D eigenvalue weighted by molar-refractivity contribution is 0.0641. The van der Waals surface area contributed by atoms with Gasteiger partial charge in [0.1, 0.15) is 0 Å². The summed E-state index contributed by atoms with van der Waals surface area (Å²) in [7, 11) is 1.66. The SMILES string of the molecule is CCCNc1ncc(C)c(OCCCOCCOC)n1. The Morgan fingerprint density at radius 2 is 2.05 bits per heavy atom. The van der Waals surface area contributed by atoms with Gasteiger partial charge in [0.05, 0.1) is 19.8 Å². The number of aromatic nitrogens is 2. The molecule has 1 heterocycles. The van der Waals surface area contributed by atoms with Crippen molar-refractivity contribution in [3.63, 3.8) is 0 Å². The second kappa shape index (κ2) is 10.4. The third-order valence-corrected chi connectivity index (χ3v) is 2.56. The van der Waals surface area contributed by atoms with Crippen LogP contribution in [0.3, 0.4) is 0 Å². The quantitative estimate of drug-likeness (QED) is 0.627. The van der Waals surface area contributed by atoms with E-state index in [4.69, 9.17) is 14.2 Å². The molecule has 1 aromatic rings. The number of anilines is 1. The van der Waals surface area contributed by atoms with Crippen LogP contribution in [0.25, 0.3) is 0 Å². The average molecular weight is 283 g/mol. The normalized spacial score (nSPS) is 10.6. The fraction of sp³-hybridized carbons (Fsp3) is 0.714. The third kappa shape index (κ3) is 6.68. The van der Waals surface area contributed by atoms with Crippen LogP contribution in [0.1, 0.15) is 25.3 Å². The zero-order valence-electron chi connectivity index (χ0n) is 12.6. The fourth-order valence-electron chi connectivity index (χ4n) is 1.47. The summed E-state index contributed by atoms with van der Waals surface area (Å²) in [6.45, 7) is 7.38. The highest BCUT2D eigenvalue weighted by molar-refractivity contribution is 5.32. The smallest absolute Gasteiger partial charge is 0.225 e. The van der Waals surface area contributed by atoms with Crippen LogP contribution in [0, 0.1) is 6.92 Å². The van der Waals surface area contributed by atoms with Crippen LogP contribution in [-0.4, -0.2) is 50.1 Å². The molecule has 0 atom stereocenters. The molecule has 6 nitrogen and oxygen atoms in total. The Labute approximate surface area is 120 Å². The van der Waals surface area contributed by atoms with Crippen molar-refractivity contribution in [1.82, 2.24) is 9.97 Å². The molecule has 0 aliphatic rings. The summed E-state index contributed by atoms with van der Waals surface area (Å²) in [5, 5.41) is 3.15. The van der Waals surface area contributed by atoms with Gasteiger partial charge >= 0.3 is 0 Å². The van der Waals surface area contributed by atoms with Crippen molar-refractivity contribution >= 4 is 5.95 Å². The van der Waals surface area contributed by atoms with E-state index in [1.807, 2.05) is 6.92 Å². The van der Waals surface area contributed by atoms with E-state index in [1.165, 1.54) is 0 Å². The highest BCUT2D eigenvalue weighted by atomic mass is 16.5. The standard InChI is InChI=1S/C14H25N3O3/c1-4-6-15-14-16-11-12(2)13(17-14)20-8-5-7-19-10-9-18-3/h11H,4-10H2,1-3H3,(H,15,16,17). The van der Waals surface area contributed by atoms with Gasteiger partial charge < -0.3 is 19.5 Å². The van der Waals surface area contributed by atoms with Crippen molar-refractivity contribution in [2.45, 2.75) is 26.7 Å². The first-order valence-electron chi connectivity index (χ1n) is 7.05. The van der Waals surface area contributed by atoms with E-state index in [0.29, 0.717) is 38.3 Å². The van der Waals surface area contributed by atoms with Gasteiger partial charge in [0.2, 0.25) is 11.8 Å². The molecule has 0 unspecified atom stereocenters. The topological polar surface area (TPSA) is 65.5 Å². The van der Waals surface area contributed by atoms with Gasteiger partial charge in [-0.15, -0.1) is 0 Å². The highest BCUT2D eigenvalue weighted by Crippen LogP contribution is 2.15.